The van der Waals surface area contributed by atoms with Crippen molar-refractivity contribution in [3.63, 3.8) is 0 Å². The molecule has 0 saturated carbocycles. The Morgan fingerprint density at radius 1 is 1.00 bits per heavy atom. The Morgan fingerprint density at radius 2 is 1.76 bits per heavy atom. The monoisotopic (exact) mass is 275 g/mol. The van der Waals surface area contributed by atoms with Gasteiger partial charge < -0.3 is 0 Å². The molecule has 0 unspecified atom stereocenters. The molecule has 0 aliphatic heterocycles. The molecule has 0 saturated heterocycles. The highest BCUT2D eigenvalue weighted by Gasteiger charge is 2.02. The number of hydrogen-bond donors (Lipinski definition) is 1. The second-order valence-electron chi connectivity index (χ2n) is 4.50. The van der Waals surface area contributed by atoms with Crippen LogP contribution in [0.5, 0.6) is 0 Å². The lowest BCUT2D eigenvalue weighted by Gasteiger charge is -2.02. The fourth-order valence-corrected chi connectivity index (χ4v) is 2.09. The number of carbonyl (C=O) groups excluding carboxylic acids is 1. The molecule has 3 aromatic rings. The molecule has 0 atom stereocenters. The number of hydrazone groups is 1. The number of rotatable bonds is 3. The number of nitrogens with one attached hydrogen (secondary N) is 1. The molecule has 0 radical (unpaired) electrons. The lowest BCUT2D eigenvalue weighted by molar-refractivity contribution is 0.0955. The van der Waals surface area contributed by atoms with Crippen molar-refractivity contribution in [3.05, 3.63) is 78.1 Å². The van der Waals surface area contributed by atoms with E-state index in [1.807, 2.05) is 42.5 Å². The minimum atomic E-state index is -0.256. The largest absolute Gasteiger partial charge is 0.271 e. The van der Waals surface area contributed by atoms with Gasteiger partial charge in [0.1, 0.15) is 0 Å². The minimum absolute atomic E-state index is 0.256. The van der Waals surface area contributed by atoms with Crippen molar-refractivity contribution in [1.82, 2.24) is 10.4 Å². The van der Waals surface area contributed by atoms with Crippen molar-refractivity contribution >= 4 is 22.9 Å². The fraction of sp³-hybridized carbons (Fsp3) is 0. The summed E-state index contributed by atoms with van der Waals surface area (Å²) in [5, 5.41) is 6.26. The summed E-state index contributed by atoms with van der Waals surface area (Å²) >= 11 is 0. The van der Waals surface area contributed by atoms with Gasteiger partial charge in [0.25, 0.3) is 5.91 Å². The third-order valence-electron chi connectivity index (χ3n) is 3.14. The minimum Gasteiger partial charge on any atom is -0.267 e. The van der Waals surface area contributed by atoms with E-state index in [0.29, 0.717) is 5.56 Å². The summed E-state index contributed by atoms with van der Waals surface area (Å²) in [6.45, 7) is 0. The van der Waals surface area contributed by atoms with Crippen molar-refractivity contribution in [2.45, 2.75) is 0 Å². The molecular weight excluding hydrogens is 262 g/mol. The molecule has 0 fully saturated rings. The Morgan fingerprint density at radius 3 is 2.62 bits per heavy atom. The van der Waals surface area contributed by atoms with Crippen LogP contribution in [0.4, 0.5) is 0 Å². The van der Waals surface area contributed by atoms with Gasteiger partial charge in [-0.15, -0.1) is 0 Å². The van der Waals surface area contributed by atoms with E-state index in [9.17, 15) is 4.79 Å². The van der Waals surface area contributed by atoms with E-state index in [-0.39, 0.29) is 5.91 Å². The molecule has 4 nitrogen and oxygen atoms in total. The lowest BCUT2D eigenvalue weighted by Crippen LogP contribution is -2.17. The van der Waals surface area contributed by atoms with Crippen LogP contribution >= 0.6 is 0 Å². The summed E-state index contributed by atoms with van der Waals surface area (Å²) < 4.78 is 0. The predicted molar refractivity (Wildman–Crippen MR) is 83.2 cm³/mol. The number of aromatic nitrogens is 1. The van der Waals surface area contributed by atoms with Crippen LogP contribution in [0.15, 0.2) is 72.1 Å². The summed E-state index contributed by atoms with van der Waals surface area (Å²) in [5.74, 6) is -0.256. The van der Waals surface area contributed by atoms with Crippen molar-refractivity contribution in [2.24, 2.45) is 5.10 Å². The molecule has 0 bridgehead atoms. The smallest absolute Gasteiger partial charge is 0.267 e. The van der Waals surface area contributed by atoms with Crippen LogP contribution < -0.4 is 5.43 Å². The Kier molecular flexibility index (Phi) is 3.69. The second kappa shape index (κ2) is 5.96. The van der Waals surface area contributed by atoms with Gasteiger partial charge in [0, 0.05) is 23.5 Å². The molecule has 0 aliphatic carbocycles. The van der Waals surface area contributed by atoms with Crippen molar-refractivity contribution in [2.75, 3.05) is 0 Å². The van der Waals surface area contributed by atoms with Gasteiger partial charge in [-0.25, -0.2) is 5.43 Å². The van der Waals surface area contributed by atoms with E-state index < -0.39 is 0 Å². The summed E-state index contributed by atoms with van der Waals surface area (Å²) in [7, 11) is 0. The molecule has 3 rings (SSSR count). The summed E-state index contributed by atoms with van der Waals surface area (Å²) in [4.78, 5) is 15.7. The molecule has 0 spiro atoms. The topological polar surface area (TPSA) is 54.4 Å². The molecule has 1 heterocycles. The summed E-state index contributed by atoms with van der Waals surface area (Å²) in [5.41, 5.74) is 4.00. The van der Waals surface area contributed by atoms with Gasteiger partial charge in [-0.1, -0.05) is 42.5 Å². The van der Waals surface area contributed by atoms with Crippen LogP contribution in [0.25, 0.3) is 10.8 Å². The van der Waals surface area contributed by atoms with Crippen LogP contribution in [0.2, 0.25) is 0 Å². The van der Waals surface area contributed by atoms with Gasteiger partial charge in [-0.3, -0.25) is 9.78 Å². The highest BCUT2D eigenvalue weighted by Crippen LogP contribution is 2.16. The average molecular weight is 275 g/mol. The maximum Gasteiger partial charge on any atom is 0.271 e. The molecule has 1 N–H and O–H groups in total. The first kappa shape index (κ1) is 13.0. The van der Waals surface area contributed by atoms with Gasteiger partial charge in [0.15, 0.2) is 0 Å². The first-order valence-corrected chi connectivity index (χ1v) is 6.56. The van der Waals surface area contributed by atoms with Crippen molar-refractivity contribution in [1.29, 1.82) is 0 Å². The van der Waals surface area contributed by atoms with Crippen LogP contribution in [0.1, 0.15) is 15.9 Å². The Labute approximate surface area is 122 Å². The average Bonchev–Trinajstić information content (AvgIpc) is 2.56. The normalized spacial score (nSPS) is 10.9. The molecule has 102 valence electrons. The highest BCUT2D eigenvalue weighted by molar-refractivity contribution is 6.00. The number of amides is 1. The van der Waals surface area contributed by atoms with Gasteiger partial charge in [0.05, 0.1) is 6.21 Å². The number of carbonyl (C=O) groups is 1. The van der Waals surface area contributed by atoms with E-state index >= 15 is 0 Å². The van der Waals surface area contributed by atoms with Gasteiger partial charge in [-0.2, -0.15) is 5.10 Å². The molecule has 1 amide bonds. The number of nitrogens with zero attached hydrogens (tertiary/aromatic N) is 2. The van der Waals surface area contributed by atoms with Crippen LogP contribution in [-0.4, -0.2) is 17.1 Å². The van der Waals surface area contributed by atoms with Crippen molar-refractivity contribution in [3.8, 4) is 0 Å². The van der Waals surface area contributed by atoms with Crippen molar-refractivity contribution < 1.29 is 4.79 Å². The zero-order valence-corrected chi connectivity index (χ0v) is 11.2. The number of pyridine rings is 1. The molecular formula is C17H13N3O. The third-order valence-corrected chi connectivity index (χ3v) is 3.14. The Balaban J connectivity index is 1.78. The summed E-state index contributed by atoms with van der Waals surface area (Å²) in [6.07, 6.45) is 4.80. The predicted octanol–water partition coefficient (Wildman–Crippen LogP) is 3.00. The van der Waals surface area contributed by atoms with Crippen LogP contribution in [-0.2, 0) is 0 Å². The lowest BCUT2D eigenvalue weighted by atomic mass is 10.1. The Bertz CT molecular complexity index is 792. The number of fused-ring (bicyclic) bond motifs is 1. The first-order valence-electron chi connectivity index (χ1n) is 6.56. The number of benzene rings is 2. The van der Waals surface area contributed by atoms with E-state index in [2.05, 4.69) is 15.5 Å². The standard InChI is InChI=1S/C17H13N3O/c21-17(14-8-10-18-11-9-14)20-19-12-15-6-3-5-13-4-1-2-7-16(13)15/h1-12H,(H,20,21)/b19-12-. The first-order chi connectivity index (χ1) is 10.3. The molecule has 1 aromatic heterocycles. The number of hydrogen-bond acceptors (Lipinski definition) is 3. The van der Waals surface area contributed by atoms with Crippen LogP contribution in [0.3, 0.4) is 0 Å². The second-order valence-corrected chi connectivity index (χ2v) is 4.50. The molecule has 2 aromatic carbocycles. The fourth-order valence-electron chi connectivity index (χ4n) is 2.09. The van der Waals surface area contributed by atoms with Crippen LogP contribution in [0, 0.1) is 0 Å². The molecule has 4 heteroatoms. The molecule has 21 heavy (non-hydrogen) atoms. The van der Waals surface area contributed by atoms with E-state index in [4.69, 9.17) is 0 Å². The zero-order valence-electron chi connectivity index (χ0n) is 11.2. The summed E-state index contributed by atoms with van der Waals surface area (Å²) in [6, 6.07) is 17.3. The van der Waals surface area contributed by atoms with Gasteiger partial charge in [-0.05, 0) is 22.9 Å². The zero-order chi connectivity index (χ0) is 14.5. The maximum atomic E-state index is 11.8. The maximum absolute atomic E-state index is 11.8. The highest BCUT2D eigenvalue weighted by atomic mass is 16.2. The quantitative estimate of drug-likeness (QED) is 0.590. The van der Waals surface area contributed by atoms with E-state index in [1.54, 1.807) is 30.7 Å². The van der Waals surface area contributed by atoms with Gasteiger partial charge in [0.2, 0.25) is 0 Å². The van der Waals surface area contributed by atoms with E-state index in [1.165, 1.54) is 0 Å². The van der Waals surface area contributed by atoms with Gasteiger partial charge >= 0.3 is 0 Å². The SMILES string of the molecule is O=C(N/N=C\c1cccc2ccccc12)c1ccncc1. The Hall–Kier alpha value is -3.01. The third kappa shape index (κ3) is 2.95. The molecule has 0 aliphatic rings. The van der Waals surface area contributed by atoms with E-state index in [0.717, 1.165) is 16.3 Å².